The van der Waals surface area contributed by atoms with Crippen LogP contribution in [0.15, 0.2) is 59.0 Å². The molecule has 7 heteroatoms. The molecular formula is C21H18N4O3. The molecule has 0 aliphatic heterocycles. The van der Waals surface area contributed by atoms with Crippen molar-refractivity contribution in [2.45, 2.75) is 13.3 Å². The van der Waals surface area contributed by atoms with Gasteiger partial charge < -0.3 is 10.1 Å². The van der Waals surface area contributed by atoms with Gasteiger partial charge in [0, 0.05) is 13.2 Å². The lowest BCUT2D eigenvalue weighted by molar-refractivity contribution is -0.116. The molecular weight excluding hydrogens is 356 g/mol. The zero-order valence-corrected chi connectivity index (χ0v) is 15.5. The predicted molar refractivity (Wildman–Crippen MR) is 105 cm³/mol. The third-order valence-corrected chi connectivity index (χ3v) is 4.16. The number of rotatable bonds is 5. The van der Waals surface area contributed by atoms with Gasteiger partial charge in [0.25, 0.3) is 11.5 Å². The Hall–Kier alpha value is -3.92. The van der Waals surface area contributed by atoms with Crippen LogP contribution in [0.3, 0.4) is 0 Å². The Morgan fingerprint density at radius 1 is 1.29 bits per heavy atom. The first-order valence-corrected chi connectivity index (χ1v) is 8.69. The molecule has 2 aromatic heterocycles. The first-order valence-electron chi connectivity index (χ1n) is 8.69. The van der Waals surface area contributed by atoms with Crippen LogP contribution in [0.1, 0.15) is 18.1 Å². The van der Waals surface area contributed by atoms with Gasteiger partial charge in [0.05, 0.1) is 0 Å². The van der Waals surface area contributed by atoms with Crippen molar-refractivity contribution < 1.29 is 9.53 Å². The van der Waals surface area contributed by atoms with E-state index in [0.29, 0.717) is 11.4 Å². The molecule has 28 heavy (non-hydrogen) atoms. The fraction of sp³-hybridized carbons (Fsp3) is 0.143. The van der Waals surface area contributed by atoms with Gasteiger partial charge in [-0.3, -0.25) is 14.0 Å². The van der Waals surface area contributed by atoms with Crippen molar-refractivity contribution in [1.29, 1.82) is 5.26 Å². The Labute approximate surface area is 161 Å². The maximum absolute atomic E-state index is 13.0. The van der Waals surface area contributed by atoms with Crippen LogP contribution in [0.25, 0.3) is 11.7 Å². The minimum Gasteiger partial charge on any atom is -0.438 e. The summed E-state index contributed by atoms with van der Waals surface area (Å²) in [6.07, 6.45) is 3.65. The third-order valence-electron chi connectivity index (χ3n) is 4.16. The fourth-order valence-electron chi connectivity index (χ4n) is 2.62. The van der Waals surface area contributed by atoms with Crippen LogP contribution in [0.5, 0.6) is 11.6 Å². The normalized spacial score (nSPS) is 11.1. The van der Waals surface area contributed by atoms with Gasteiger partial charge in [0.2, 0.25) is 5.88 Å². The molecule has 1 aromatic carbocycles. The number of carbonyl (C=O) groups is 1. The SMILES string of the molecule is CCc1ccc(Oc2nc3ccccn3c(=O)c2/C=C(\C#N)C(=O)NC)cc1. The summed E-state index contributed by atoms with van der Waals surface area (Å²) in [5.41, 5.74) is 0.892. The Balaban J connectivity index is 2.19. The summed E-state index contributed by atoms with van der Waals surface area (Å²) >= 11 is 0. The summed E-state index contributed by atoms with van der Waals surface area (Å²) in [5.74, 6) is -0.0760. The Morgan fingerprint density at radius 3 is 2.68 bits per heavy atom. The first kappa shape index (κ1) is 18.9. The maximum Gasteiger partial charge on any atom is 0.269 e. The topological polar surface area (TPSA) is 96.5 Å². The number of likely N-dealkylation sites (N-methyl/N-ethyl adjacent to an activating group) is 1. The van der Waals surface area contributed by atoms with Crippen LogP contribution in [0, 0.1) is 11.3 Å². The van der Waals surface area contributed by atoms with Gasteiger partial charge in [0.1, 0.15) is 28.6 Å². The van der Waals surface area contributed by atoms with Gasteiger partial charge in [-0.25, -0.2) is 0 Å². The van der Waals surface area contributed by atoms with E-state index in [9.17, 15) is 14.9 Å². The molecule has 0 atom stereocenters. The largest absolute Gasteiger partial charge is 0.438 e. The molecule has 1 N–H and O–H groups in total. The quantitative estimate of drug-likeness (QED) is 0.547. The summed E-state index contributed by atoms with van der Waals surface area (Å²) in [7, 11) is 1.41. The lowest BCUT2D eigenvalue weighted by Gasteiger charge is -2.10. The Morgan fingerprint density at radius 2 is 2.04 bits per heavy atom. The molecule has 0 aliphatic carbocycles. The van der Waals surface area contributed by atoms with E-state index >= 15 is 0 Å². The molecule has 0 saturated carbocycles. The van der Waals surface area contributed by atoms with E-state index in [-0.39, 0.29) is 17.0 Å². The second-order valence-electron chi connectivity index (χ2n) is 5.91. The molecule has 0 aliphatic rings. The number of nitrogens with zero attached hydrogens (tertiary/aromatic N) is 3. The minimum atomic E-state index is -0.599. The van der Waals surface area contributed by atoms with E-state index in [2.05, 4.69) is 10.3 Å². The molecule has 0 unspecified atom stereocenters. The molecule has 0 spiro atoms. The minimum absolute atomic E-state index is 0.0171. The number of amides is 1. The van der Waals surface area contributed by atoms with E-state index in [1.165, 1.54) is 17.5 Å². The number of fused-ring (bicyclic) bond motifs is 1. The van der Waals surface area contributed by atoms with Crippen LogP contribution >= 0.6 is 0 Å². The van der Waals surface area contributed by atoms with Gasteiger partial charge >= 0.3 is 0 Å². The molecule has 0 fully saturated rings. The molecule has 0 radical (unpaired) electrons. The number of aromatic nitrogens is 2. The number of carbonyl (C=O) groups excluding carboxylic acids is 1. The van der Waals surface area contributed by atoms with Crippen LogP contribution in [0.4, 0.5) is 0 Å². The van der Waals surface area contributed by atoms with Crippen LogP contribution in [-0.2, 0) is 11.2 Å². The van der Waals surface area contributed by atoms with Gasteiger partial charge in [-0.2, -0.15) is 10.2 Å². The zero-order chi connectivity index (χ0) is 20.1. The summed E-state index contributed by atoms with van der Waals surface area (Å²) in [4.78, 5) is 29.3. The fourth-order valence-corrected chi connectivity index (χ4v) is 2.62. The van der Waals surface area contributed by atoms with E-state index in [0.717, 1.165) is 12.0 Å². The van der Waals surface area contributed by atoms with Gasteiger partial charge in [-0.1, -0.05) is 25.1 Å². The van der Waals surface area contributed by atoms with Crippen molar-refractivity contribution >= 4 is 17.6 Å². The summed E-state index contributed by atoms with van der Waals surface area (Å²) in [6.45, 7) is 2.05. The number of benzene rings is 1. The Bertz CT molecular complexity index is 1150. The van der Waals surface area contributed by atoms with Gasteiger partial charge in [0.15, 0.2) is 0 Å². The van der Waals surface area contributed by atoms with Crippen LogP contribution in [0.2, 0.25) is 0 Å². The number of hydrogen-bond donors (Lipinski definition) is 1. The van der Waals surface area contributed by atoms with Crippen LogP contribution in [-0.4, -0.2) is 22.3 Å². The third kappa shape index (κ3) is 3.76. The number of nitriles is 1. The zero-order valence-electron chi connectivity index (χ0n) is 15.5. The van der Waals surface area contributed by atoms with Gasteiger partial charge in [-0.15, -0.1) is 0 Å². The van der Waals surface area contributed by atoms with Crippen molar-refractivity contribution in [2.24, 2.45) is 0 Å². The van der Waals surface area contributed by atoms with Crippen molar-refractivity contribution in [3.8, 4) is 17.7 Å². The van der Waals surface area contributed by atoms with E-state index in [4.69, 9.17) is 4.74 Å². The van der Waals surface area contributed by atoms with E-state index in [1.54, 1.807) is 42.6 Å². The number of hydrogen-bond acceptors (Lipinski definition) is 5. The van der Waals surface area contributed by atoms with Crippen molar-refractivity contribution in [3.05, 3.63) is 75.7 Å². The molecule has 3 aromatic rings. The van der Waals surface area contributed by atoms with Crippen LogP contribution < -0.4 is 15.6 Å². The molecule has 3 rings (SSSR count). The van der Waals surface area contributed by atoms with E-state index in [1.807, 2.05) is 19.1 Å². The molecule has 0 bridgehead atoms. The highest BCUT2D eigenvalue weighted by Gasteiger charge is 2.16. The maximum atomic E-state index is 13.0. The molecule has 0 saturated heterocycles. The monoisotopic (exact) mass is 374 g/mol. The second kappa shape index (κ2) is 8.18. The average molecular weight is 374 g/mol. The number of nitrogens with one attached hydrogen (secondary N) is 1. The summed E-state index contributed by atoms with van der Waals surface area (Å²) in [5, 5.41) is 11.7. The van der Waals surface area contributed by atoms with Crippen molar-refractivity contribution in [3.63, 3.8) is 0 Å². The molecule has 140 valence electrons. The summed E-state index contributed by atoms with van der Waals surface area (Å²) < 4.78 is 7.18. The smallest absolute Gasteiger partial charge is 0.269 e. The second-order valence-corrected chi connectivity index (χ2v) is 5.91. The Kier molecular flexibility index (Phi) is 5.51. The predicted octanol–water partition coefficient (Wildman–Crippen LogP) is 2.70. The summed E-state index contributed by atoms with van der Waals surface area (Å²) in [6, 6.07) is 14.3. The van der Waals surface area contributed by atoms with E-state index < -0.39 is 11.5 Å². The van der Waals surface area contributed by atoms with Gasteiger partial charge in [-0.05, 0) is 42.3 Å². The average Bonchev–Trinajstić information content (AvgIpc) is 2.73. The highest BCUT2D eigenvalue weighted by molar-refractivity contribution is 6.01. The number of pyridine rings is 1. The lowest BCUT2D eigenvalue weighted by atomic mass is 10.1. The highest BCUT2D eigenvalue weighted by Crippen LogP contribution is 2.24. The van der Waals surface area contributed by atoms with Crippen molar-refractivity contribution in [1.82, 2.24) is 14.7 Å². The standard InChI is InChI=1S/C21H18N4O3/c1-3-14-7-9-16(10-8-14)28-20-17(12-15(13-22)19(26)23-2)21(27)25-11-5-4-6-18(25)24-20/h4-12H,3H2,1-2H3,(H,23,26)/b15-12+. The number of ether oxygens (including phenoxy) is 1. The lowest BCUT2D eigenvalue weighted by Crippen LogP contribution is -2.22. The highest BCUT2D eigenvalue weighted by atomic mass is 16.5. The first-order chi connectivity index (χ1) is 13.6. The van der Waals surface area contributed by atoms with Crippen molar-refractivity contribution in [2.75, 3.05) is 7.05 Å². The molecule has 7 nitrogen and oxygen atoms in total. The number of aryl methyl sites for hydroxylation is 1. The molecule has 1 amide bonds. The molecule has 2 heterocycles.